The highest BCUT2D eigenvalue weighted by molar-refractivity contribution is 5.83. The molecule has 1 unspecified atom stereocenters. The summed E-state index contributed by atoms with van der Waals surface area (Å²) in [6, 6.07) is 0.506. The second-order valence-electron chi connectivity index (χ2n) is 4.09. The fraction of sp³-hybridized carbons (Fsp3) is 0.900. The first-order chi connectivity index (χ1) is 5.86. The number of piperidine rings is 1. The minimum atomic E-state index is 0.453. The molecule has 1 aliphatic heterocycles. The van der Waals surface area contributed by atoms with Gasteiger partial charge in [0.25, 0.3) is 0 Å². The van der Waals surface area contributed by atoms with Crippen LogP contribution in [0.1, 0.15) is 38.5 Å². The van der Waals surface area contributed by atoms with Crippen LogP contribution in [0.25, 0.3) is 0 Å². The summed E-state index contributed by atoms with van der Waals surface area (Å²) in [6.07, 6.45) is 6.91. The van der Waals surface area contributed by atoms with Crippen LogP contribution in [0.4, 0.5) is 0 Å². The molecule has 1 saturated heterocycles. The predicted molar refractivity (Wildman–Crippen MR) is 48.0 cm³/mol. The Hall–Kier alpha value is -0.370. The summed E-state index contributed by atoms with van der Waals surface area (Å²) < 4.78 is 0. The zero-order chi connectivity index (χ0) is 8.39. The van der Waals surface area contributed by atoms with E-state index < -0.39 is 0 Å². The van der Waals surface area contributed by atoms with Gasteiger partial charge in [-0.2, -0.15) is 0 Å². The normalized spacial score (nSPS) is 30.2. The zero-order valence-electron chi connectivity index (χ0n) is 7.51. The molecular weight excluding hydrogens is 150 g/mol. The summed E-state index contributed by atoms with van der Waals surface area (Å²) in [5, 5.41) is 3.41. The Kier molecular flexibility index (Phi) is 2.45. The van der Waals surface area contributed by atoms with Crippen molar-refractivity contribution in [2.24, 2.45) is 5.92 Å². The van der Waals surface area contributed by atoms with Crippen LogP contribution in [-0.4, -0.2) is 18.4 Å². The molecule has 0 radical (unpaired) electrons. The Balaban J connectivity index is 1.73. The summed E-state index contributed by atoms with van der Waals surface area (Å²) in [7, 11) is 0. The van der Waals surface area contributed by atoms with Crippen LogP contribution in [-0.2, 0) is 4.79 Å². The first-order valence-corrected chi connectivity index (χ1v) is 5.12. The van der Waals surface area contributed by atoms with Gasteiger partial charge in [-0.15, -0.1) is 0 Å². The lowest BCUT2D eigenvalue weighted by Gasteiger charge is -2.22. The topological polar surface area (TPSA) is 29.1 Å². The van der Waals surface area contributed by atoms with Gasteiger partial charge >= 0.3 is 0 Å². The largest absolute Gasteiger partial charge is 0.314 e. The molecule has 12 heavy (non-hydrogen) atoms. The first-order valence-electron chi connectivity index (χ1n) is 5.12. The number of nitrogens with one attached hydrogen (secondary N) is 1. The zero-order valence-corrected chi connectivity index (χ0v) is 7.51. The number of carbonyl (C=O) groups excluding carboxylic acids is 1. The molecule has 0 bridgehead atoms. The van der Waals surface area contributed by atoms with Crippen molar-refractivity contribution >= 4 is 5.78 Å². The summed E-state index contributed by atoms with van der Waals surface area (Å²) in [6.45, 7) is 1.11. The third-order valence-corrected chi connectivity index (χ3v) is 2.89. The fourth-order valence-corrected chi connectivity index (χ4v) is 1.91. The lowest BCUT2D eigenvalue weighted by Crippen LogP contribution is -2.35. The molecule has 2 heteroatoms. The van der Waals surface area contributed by atoms with Crippen molar-refractivity contribution in [1.29, 1.82) is 0 Å². The lowest BCUT2D eigenvalue weighted by molar-refractivity contribution is -0.120. The maximum Gasteiger partial charge on any atom is 0.137 e. The number of hydrogen-bond acceptors (Lipinski definition) is 2. The third kappa shape index (κ3) is 2.07. The van der Waals surface area contributed by atoms with Crippen molar-refractivity contribution in [3.63, 3.8) is 0 Å². The Morgan fingerprint density at radius 1 is 1.25 bits per heavy atom. The molecule has 1 atom stereocenters. The fourth-order valence-electron chi connectivity index (χ4n) is 1.91. The third-order valence-electron chi connectivity index (χ3n) is 2.89. The van der Waals surface area contributed by atoms with Gasteiger partial charge in [0.15, 0.2) is 0 Å². The van der Waals surface area contributed by atoms with E-state index >= 15 is 0 Å². The van der Waals surface area contributed by atoms with Crippen molar-refractivity contribution in [3.8, 4) is 0 Å². The van der Waals surface area contributed by atoms with Crippen molar-refractivity contribution in [2.45, 2.75) is 44.6 Å². The van der Waals surface area contributed by atoms with Crippen LogP contribution in [0.15, 0.2) is 0 Å². The number of carbonyl (C=O) groups is 1. The van der Waals surface area contributed by atoms with Gasteiger partial charge < -0.3 is 5.32 Å². The van der Waals surface area contributed by atoms with Gasteiger partial charge in [-0.05, 0) is 32.2 Å². The molecule has 2 rings (SSSR count). The molecule has 0 spiro atoms. The van der Waals surface area contributed by atoms with E-state index in [1.165, 1.54) is 19.3 Å². The van der Waals surface area contributed by atoms with E-state index in [0.29, 0.717) is 17.7 Å². The Labute approximate surface area is 73.7 Å². The van der Waals surface area contributed by atoms with Crippen molar-refractivity contribution in [3.05, 3.63) is 0 Å². The highest BCUT2D eigenvalue weighted by Crippen LogP contribution is 2.31. The van der Waals surface area contributed by atoms with Gasteiger partial charge in [0, 0.05) is 18.4 Å². The van der Waals surface area contributed by atoms with Crippen LogP contribution in [0, 0.1) is 5.92 Å². The molecule has 0 aromatic carbocycles. The molecular formula is C10H17NO. The number of Topliss-reactive ketones (excluding diaryl/α,β-unsaturated/α-hetero) is 1. The highest BCUT2D eigenvalue weighted by atomic mass is 16.1. The molecule has 2 fully saturated rings. The maximum absolute atomic E-state index is 11.4. The highest BCUT2D eigenvalue weighted by Gasteiger charge is 2.30. The maximum atomic E-state index is 11.4. The molecule has 0 aromatic heterocycles. The molecule has 2 aliphatic rings. The van der Waals surface area contributed by atoms with Gasteiger partial charge in [-0.1, -0.05) is 6.42 Å². The van der Waals surface area contributed by atoms with Crippen LogP contribution in [0.5, 0.6) is 0 Å². The number of ketones is 1. The van der Waals surface area contributed by atoms with E-state index in [1.54, 1.807) is 0 Å². The van der Waals surface area contributed by atoms with Gasteiger partial charge in [0.05, 0.1) is 0 Å². The Bertz CT molecular complexity index is 169. The quantitative estimate of drug-likeness (QED) is 0.690. The second-order valence-corrected chi connectivity index (χ2v) is 4.09. The second kappa shape index (κ2) is 3.56. The minimum absolute atomic E-state index is 0.453. The molecule has 0 amide bonds. The predicted octanol–water partition coefficient (Wildman–Crippen LogP) is 1.50. The number of rotatable bonds is 3. The van der Waals surface area contributed by atoms with Crippen LogP contribution >= 0.6 is 0 Å². The van der Waals surface area contributed by atoms with E-state index in [2.05, 4.69) is 5.32 Å². The summed E-state index contributed by atoms with van der Waals surface area (Å²) >= 11 is 0. The van der Waals surface area contributed by atoms with Crippen LogP contribution < -0.4 is 5.32 Å². The van der Waals surface area contributed by atoms with Crippen molar-refractivity contribution < 1.29 is 4.79 Å². The van der Waals surface area contributed by atoms with E-state index in [-0.39, 0.29) is 0 Å². The van der Waals surface area contributed by atoms with Crippen LogP contribution in [0.2, 0.25) is 0 Å². The van der Waals surface area contributed by atoms with Crippen molar-refractivity contribution in [2.75, 3.05) is 6.54 Å². The molecule has 1 aliphatic carbocycles. The van der Waals surface area contributed by atoms with Crippen LogP contribution in [0.3, 0.4) is 0 Å². The molecule has 2 nitrogen and oxygen atoms in total. The van der Waals surface area contributed by atoms with E-state index in [0.717, 1.165) is 25.8 Å². The smallest absolute Gasteiger partial charge is 0.137 e. The Morgan fingerprint density at radius 3 is 2.67 bits per heavy atom. The molecule has 0 aromatic rings. The molecule has 1 N–H and O–H groups in total. The molecule has 1 saturated carbocycles. The van der Waals surface area contributed by atoms with E-state index in [1.807, 2.05) is 0 Å². The summed E-state index contributed by atoms with van der Waals surface area (Å²) in [5.74, 6) is 0.961. The SMILES string of the molecule is O=C(CC1CCCCN1)C1CC1. The van der Waals surface area contributed by atoms with Gasteiger partial charge in [-0.25, -0.2) is 0 Å². The summed E-state index contributed by atoms with van der Waals surface area (Å²) in [5.41, 5.74) is 0. The monoisotopic (exact) mass is 167 g/mol. The minimum Gasteiger partial charge on any atom is -0.314 e. The average Bonchev–Trinajstić information content (AvgIpc) is 2.88. The standard InChI is InChI=1S/C10H17NO/c12-10(8-4-5-8)7-9-3-1-2-6-11-9/h8-9,11H,1-7H2. The summed E-state index contributed by atoms with van der Waals surface area (Å²) in [4.78, 5) is 11.4. The average molecular weight is 167 g/mol. The number of hydrogen-bond donors (Lipinski definition) is 1. The van der Waals surface area contributed by atoms with Gasteiger partial charge in [0.2, 0.25) is 0 Å². The molecule has 68 valence electrons. The Morgan fingerprint density at radius 2 is 2.08 bits per heavy atom. The van der Waals surface area contributed by atoms with Gasteiger partial charge in [-0.3, -0.25) is 4.79 Å². The first kappa shape index (κ1) is 8.24. The van der Waals surface area contributed by atoms with E-state index in [4.69, 9.17) is 0 Å². The van der Waals surface area contributed by atoms with E-state index in [9.17, 15) is 4.79 Å². The van der Waals surface area contributed by atoms with Gasteiger partial charge in [0.1, 0.15) is 5.78 Å². The molecule has 1 heterocycles. The van der Waals surface area contributed by atoms with Crippen molar-refractivity contribution in [1.82, 2.24) is 5.32 Å². The lowest BCUT2D eigenvalue weighted by atomic mass is 9.98.